The summed E-state index contributed by atoms with van der Waals surface area (Å²) in [5, 5.41) is 0. The van der Waals surface area contributed by atoms with E-state index in [-0.39, 0.29) is 0 Å². The second-order valence-corrected chi connectivity index (χ2v) is 4.83. The molecule has 1 fully saturated rings. The summed E-state index contributed by atoms with van der Waals surface area (Å²) >= 11 is 0. The molecule has 3 N–H and O–H groups in total. The number of fused-ring (bicyclic) bond motifs is 1. The maximum Gasteiger partial charge on any atom is 0.125 e. The van der Waals surface area contributed by atoms with Crippen molar-refractivity contribution in [1.82, 2.24) is 19.9 Å². The number of H-pyrrole nitrogens is 1. The minimum atomic E-state index is 0.447. The number of aromatic nitrogens is 3. The van der Waals surface area contributed by atoms with Crippen LogP contribution in [-0.4, -0.2) is 40.0 Å². The van der Waals surface area contributed by atoms with E-state index in [4.69, 9.17) is 5.73 Å². The summed E-state index contributed by atoms with van der Waals surface area (Å²) in [5.74, 6) is 1.02. The van der Waals surface area contributed by atoms with Crippen molar-refractivity contribution in [2.75, 3.05) is 25.9 Å². The van der Waals surface area contributed by atoms with Crippen molar-refractivity contribution < 1.29 is 0 Å². The van der Waals surface area contributed by atoms with Crippen LogP contribution in [0.4, 0.5) is 5.82 Å². The highest BCUT2D eigenvalue weighted by Crippen LogP contribution is 2.29. The highest BCUT2D eigenvalue weighted by molar-refractivity contribution is 5.79. The summed E-state index contributed by atoms with van der Waals surface area (Å²) in [6, 6.07) is 1.85. The van der Waals surface area contributed by atoms with Gasteiger partial charge in [-0.3, -0.25) is 0 Å². The number of nitrogen functional groups attached to an aromatic ring is 1. The first kappa shape index (κ1) is 10.5. The Labute approximate surface area is 100 Å². The molecule has 0 bridgehead atoms. The Kier molecular flexibility index (Phi) is 2.48. The number of aromatic amines is 1. The number of imidazole rings is 1. The number of rotatable bonds is 1. The van der Waals surface area contributed by atoms with Crippen LogP contribution in [-0.2, 0) is 0 Å². The molecule has 0 amide bonds. The standard InChI is InChI=1S/C12H17N5/c1-17-4-2-3-8(6-17)11-12-9(14-7-15-12)5-10(13)16-11/h5,7-8H,2-4,6H2,1H3,(H2,13,16)(H,14,15). The van der Waals surface area contributed by atoms with Crippen LogP contribution in [0, 0.1) is 0 Å². The van der Waals surface area contributed by atoms with Crippen molar-refractivity contribution in [2.24, 2.45) is 0 Å². The lowest BCUT2D eigenvalue weighted by Crippen LogP contribution is -2.31. The van der Waals surface area contributed by atoms with Crippen molar-refractivity contribution in [2.45, 2.75) is 18.8 Å². The van der Waals surface area contributed by atoms with Crippen LogP contribution < -0.4 is 5.73 Å². The SMILES string of the molecule is CN1CCCC(c2nc(N)cc3[nH]cnc23)C1. The third-order valence-corrected chi connectivity index (χ3v) is 3.46. The molecule has 1 saturated heterocycles. The zero-order valence-electron chi connectivity index (χ0n) is 9.98. The van der Waals surface area contributed by atoms with Crippen LogP contribution >= 0.6 is 0 Å². The quantitative estimate of drug-likeness (QED) is 0.777. The summed E-state index contributed by atoms with van der Waals surface area (Å²) in [4.78, 5) is 14.3. The van der Waals surface area contributed by atoms with E-state index in [2.05, 4.69) is 26.9 Å². The molecule has 1 atom stereocenters. The van der Waals surface area contributed by atoms with Crippen molar-refractivity contribution in [3.63, 3.8) is 0 Å². The molecule has 5 heteroatoms. The van der Waals surface area contributed by atoms with Gasteiger partial charge in [0, 0.05) is 18.5 Å². The Hall–Kier alpha value is -1.62. The van der Waals surface area contributed by atoms with E-state index in [1.807, 2.05) is 6.07 Å². The van der Waals surface area contributed by atoms with Gasteiger partial charge in [0.15, 0.2) is 0 Å². The molecule has 3 heterocycles. The lowest BCUT2D eigenvalue weighted by atomic mass is 9.94. The number of anilines is 1. The molecule has 0 saturated carbocycles. The largest absolute Gasteiger partial charge is 0.384 e. The predicted octanol–water partition coefficient (Wildman–Crippen LogP) is 1.35. The lowest BCUT2D eigenvalue weighted by Gasteiger charge is -2.29. The Bertz CT molecular complexity index is 533. The van der Waals surface area contributed by atoms with Gasteiger partial charge in [0.25, 0.3) is 0 Å². The highest BCUT2D eigenvalue weighted by Gasteiger charge is 2.23. The van der Waals surface area contributed by atoms with Gasteiger partial charge in [0.1, 0.15) is 11.3 Å². The maximum absolute atomic E-state index is 5.85. The number of likely N-dealkylation sites (tertiary alicyclic amines) is 1. The average molecular weight is 231 g/mol. The Morgan fingerprint density at radius 1 is 1.53 bits per heavy atom. The van der Waals surface area contributed by atoms with Gasteiger partial charge in [-0.25, -0.2) is 9.97 Å². The lowest BCUT2D eigenvalue weighted by molar-refractivity contribution is 0.249. The molecule has 2 aromatic rings. The van der Waals surface area contributed by atoms with E-state index in [9.17, 15) is 0 Å². The fraction of sp³-hybridized carbons (Fsp3) is 0.500. The topological polar surface area (TPSA) is 70.8 Å². The first-order valence-electron chi connectivity index (χ1n) is 6.02. The maximum atomic E-state index is 5.85. The molecule has 3 rings (SSSR count). The molecule has 1 aliphatic rings. The summed E-state index contributed by atoms with van der Waals surface area (Å²) in [7, 11) is 2.15. The fourth-order valence-corrected chi connectivity index (χ4v) is 2.66. The zero-order chi connectivity index (χ0) is 11.8. The van der Waals surface area contributed by atoms with Crippen molar-refractivity contribution in [1.29, 1.82) is 0 Å². The second kappa shape index (κ2) is 4.00. The number of likely N-dealkylation sites (N-methyl/N-ethyl adjacent to an activating group) is 1. The average Bonchev–Trinajstić information content (AvgIpc) is 2.75. The van der Waals surface area contributed by atoms with Gasteiger partial charge in [0.05, 0.1) is 17.5 Å². The van der Waals surface area contributed by atoms with Gasteiger partial charge in [-0.15, -0.1) is 0 Å². The molecular formula is C12H17N5. The number of hydrogen-bond donors (Lipinski definition) is 2. The molecule has 5 nitrogen and oxygen atoms in total. The van der Waals surface area contributed by atoms with E-state index < -0.39 is 0 Å². The van der Waals surface area contributed by atoms with Gasteiger partial charge < -0.3 is 15.6 Å². The van der Waals surface area contributed by atoms with Crippen molar-refractivity contribution in [3.8, 4) is 0 Å². The predicted molar refractivity (Wildman–Crippen MR) is 67.8 cm³/mol. The van der Waals surface area contributed by atoms with Crippen LogP contribution in [0.3, 0.4) is 0 Å². The third kappa shape index (κ3) is 1.86. The first-order valence-corrected chi connectivity index (χ1v) is 6.02. The molecule has 90 valence electrons. The monoisotopic (exact) mass is 231 g/mol. The fourth-order valence-electron chi connectivity index (χ4n) is 2.66. The summed E-state index contributed by atoms with van der Waals surface area (Å²) < 4.78 is 0. The van der Waals surface area contributed by atoms with Crippen LogP contribution in [0.15, 0.2) is 12.4 Å². The van der Waals surface area contributed by atoms with Crippen LogP contribution in [0.2, 0.25) is 0 Å². The number of nitrogens with two attached hydrogens (primary N) is 1. The van der Waals surface area contributed by atoms with Crippen molar-refractivity contribution in [3.05, 3.63) is 18.1 Å². The van der Waals surface area contributed by atoms with E-state index in [1.54, 1.807) is 6.33 Å². The van der Waals surface area contributed by atoms with Gasteiger partial charge in [-0.1, -0.05) is 0 Å². The van der Waals surface area contributed by atoms with Gasteiger partial charge in [-0.05, 0) is 26.4 Å². The summed E-state index contributed by atoms with van der Waals surface area (Å²) in [5.41, 5.74) is 8.86. The van der Waals surface area contributed by atoms with Gasteiger partial charge in [-0.2, -0.15) is 0 Å². The first-order chi connectivity index (χ1) is 8.24. The van der Waals surface area contributed by atoms with E-state index in [1.165, 1.54) is 19.4 Å². The van der Waals surface area contributed by atoms with Gasteiger partial charge >= 0.3 is 0 Å². The molecule has 0 aromatic carbocycles. The summed E-state index contributed by atoms with van der Waals surface area (Å²) in [6.07, 6.45) is 4.09. The Morgan fingerprint density at radius 2 is 2.41 bits per heavy atom. The molecule has 1 aliphatic heterocycles. The van der Waals surface area contributed by atoms with Gasteiger partial charge in [0.2, 0.25) is 0 Å². The van der Waals surface area contributed by atoms with Crippen LogP contribution in [0.1, 0.15) is 24.5 Å². The normalized spacial score (nSPS) is 22.1. The zero-order valence-corrected chi connectivity index (χ0v) is 9.98. The van der Waals surface area contributed by atoms with E-state index in [0.717, 1.165) is 23.3 Å². The van der Waals surface area contributed by atoms with Crippen LogP contribution in [0.25, 0.3) is 11.0 Å². The number of piperidine rings is 1. The number of nitrogens with one attached hydrogen (secondary N) is 1. The smallest absolute Gasteiger partial charge is 0.125 e. The minimum absolute atomic E-state index is 0.447. The highest BCUT2D eigenvalue weighted by atomic mass is 15.1. The van der Waals surface area contributed by atoms with Crippen molar-refractivity contribution >= 4 is 16.9 Å². The number of hydrogen-bond acceptors (Lipinski definition) is 4. The molecule has 0 radical (unpaired) electrons. The molecule has 0 aliphatic carbocycles. The molecule has 0 spiro atoms. The Balaban J connectivity index is 2.06. The molecule has 17 heavy (non-hydrogen) atoms. The van der Waals surface area contributed by atoms with E-state index >= 15 is 0 Å². The molecule has 1 unspecified atom stereocenters. The minimum Gasteiger partial charge on any atom is -0.384 e. The second-order valence-electron chi connectivity index (χ2n) is 4.83. The molecular weight excluding hydrogens is 214 g/mol. The number of pyridine rings is 1. The third-order valence-electron chi connectivity index (χ3n) is 3.46. The number of nitrogens with zero attached hydrogens (tertiary/aromatic N) is 3. The Morgan fingerprint density at radius 3 is 3.24 bits per heavy atom. The van der Waals surface area contributed by atoms with E-state index in [0.29, 0.717) is 11.7 Å². The summed E-state index contributed by atoms with van der Waals surface area (Å²) in [6.45, 7) is 2.21. The van der Waals surface area contributed by atoms with Crippen LogP contribution in [0.5, 0.6) is 0 Å². The molecule has 2 aromatic heterocycles.